The molecule has 1 aliphatic heterocycles. The van der Waals surface area contributed by atoms with Gasteiger partial charge < -0.3 is 4.74 Å². The number of hydrogen-bond acceptors (Lipinski definition) is 5. The van der Waals surface area contributed by atoms with Crippen molar-refractivity contribution in [2.75, 3.05) is 26.3 Å². The third-order valence-electron chi connectivity index (χ3n) is 5.05. The summed E-state index contributed by atoms with van der Waals surface area (Å²) < 4.78 is 42.0. The molecule has 0 bridgehead atoms. The predicted octanol–water partition coefficient (Wildman–Crippen LogP) is 3.86. The normalized spacial score (nSPS) is 16.3. The number of ether oxygens (including phenoxy) is 1. The van der Waals surface area contributed by atoms with Crippen molar-refractivity contribution in [1.82, 2.24) is 4.90 Å². The van der Waals surface area contributed by atoms with Crippen LogP contribution in [0.15, 0.2) is 24.3 Å². The molecule has 160 valence electrons. The highest BCUT2D eigenvalue weighted by Crippen LogP contribution is 2.19. The SMILES string of the molecule is CC(C)CCCCCCOCC(CN1CCc2ccccc2C1)OS(=O)(=O)O. The molecule has 0 radical (unpaired) electrons. The van der Waals surface area contributed by atoms with Crippen molar-refractivity contribution in [3.63, 3.8) is 0 Å². The summed E-state index contributed by atoms with van der Waals surface area (Å²) in [6.07, 6.45) is 5.96. The highest BCUT2D eigenvalue weighted by Gasteiger charge is 2.23. The van der Waals surface area contributed by atoms with Crippen LogP contribution >= 0.6 is 0 Å². The van der Waals surface area contributed by atoms with Gasteiger partial charge in [-0.2, -0.15) is 8.42 Å². The van der Waals surface area contributed by atoms with E-state index in [-0.39, 0.29) is 6.61 Å². The van der Waals surface area contributed by atoms with E-state index in [0.717, 1.165) is 38.3 Å². The van der Waals surface area contributed by atoms with E-state index >= 15 is 0 Å². The molecular formula is C21H35NO5S. The summed E-state index contributed by atoms with van der Waals surface area (Å²) in [5.74, 6) is 0.747. The van der Waals surface area contributed by atoms with Gasteiger partial charge in [-0.05, 0) is 29.9 Å². The fraction of sp³-hybridized carbons (Fsp3) is 0.714. The zero-order chi connectivity index (χ0) is 20.4. The van der Waals surface area contributed by atoms with Gasteiger partial charge in [-0.15, -0.1) is 0 Å². The van der Waals surface area contributed by atoms with Crippen molar-refractivity contribution >= 4 is 10.4 Å². The summed E-state index contributed by atoms with van der Waals surface area (Å²) in [4.78, 5) is 2.15. The van der Waals surface area contributed by atoms with E-state index in [1.165, 1.54) is 30.4 Å². The monoisotopic (exact) mass is 413 g/mol. The van der Waals surface area contributed by atoms with Gasteiger partial charge in [0.05, 0.1) is 6.61 Å². The summed E-state index contributed by atoms with van der Waals surface area (Å²) >= 11 is 0. The van der Waals surface area contributed by atoms with Crippen LogP contribution in [0.5, 0.6) is 0 Å². The highest BCUT2D eigenvalue weighted by atomic mass is 32.3. The first-order chi connectivity index (χ1) is 13.3. The lowest BCUT2D eigenvalue weighted by Crippen LogP contribution is -2.40. The zero-order valence-electron chi connectivity index (χ0n) is 17.2. The largest absolute Gasteiger partial charge is 0.397 e. The van der Waals surface area contributed by atoms with Gasteiger partial charge in [0, 0.05) is 26.2 Å². The van der Waals surface area contributed by atoms with E-state index in [1.807, 2.05) is 12.1 Å². The van der Waals surface area contributed by atoms with Gasteiger partial charge in [0.15, 0.2) is 0 Å². The molecule has 0 amide bonds. The Bertz CT molecular complexity index is 677. The molecule has 0 fully saturated rings. The Kier molecular flexibility index (Phi) is 9.88. The molecule has 0 aliphatic carbocycles. The molecule has 2 rings (SSSR count). The van der Waals surface area contributed by atoms with Gasteiger partial charge in [0.1, 0.15) is 6.10 Å². The molecule has 1 atom stereocenters. The number of unbranched alkanes of at least 4 members (excludes halogenated alkanes) is 3. The summed E-state index contributed by atoms with van der Waals surface area (Å²) in [7, 11) is -4.50. The molecule has 0 aromatic heterocycles. The second kappa shape index (κ2) is 11.9. The Morgan fingerprint density at radius 2 is 1.82 bits per heavy atom. The van der Waals surface area contributed by atoms with Gasteiger partial charge in [-0.25, -0.2) is 4.18 Å². The van der Waals surface area contributed by atoms with E-state index in [1.54, 1.807) is 0 Å². The van der Waals surface area contributed by atoms with Crippen molar-refractivity contribution in [2.24, 2.45) is 5.92 Å². The quantitative estimate of drug-likeness (QED) is 0.391. The van der Waals surface area contributed by atoms with Crippen molar-refractivity contribution in [3.8, 4) is 0 Å². The Balaban J connectivity index is 1.73. The smallest absolute Gasteiger partial charge is 0.379 e. The zero-order valence-corrected chi connectivity index (χ0v) is 18.0. The number of fused-ring (bicyclic) bond motifs is 1. The fourth-order valence-electron chi connectivity index (χ4n) is 3.61. The molecule has 7 heteroatoms. The average Bonchev–Trinajstić information content (AvgIpc) is 2.62. The Labute approximate surface area is 170 Å². The molecule has 28 heavy (non-hydrogen) atoms. The van der Waals surface area contributed by atoms with Crippen LogP contribution in [0.2, 0.25) is 0 Å². The molecule has 6 nitrogen and oxygen atoms in total. The van der Waals surface area contributed by atoms with Crippen LogP contribution in [-0.2, 0) is 32.3 Å². The summed E-state index contributed by atoms with van der Waals surface area (Å²) in [5, 5.41) is 0. The standard InChI is InChI=1S/C21H35NO5S/c1-18(2)9-5-3-4-8-14-26-17-21(27-28(23,24)25)16-22-13-12-19-10-6-7-11-20(19)15-22/h6-7,10-11,18,21H,3-5,8-9,12-17H2,1-2H3,(H,23,24,25). The third kappa shape index (κ3) is 9.47. The number of nitrogens with zero attached hydrogens (tertiary/aromatic N) is 1. The lowest BCUT2D eigenvalue weighted by Gasteiger charge is -2.31. The molecule has 0 saturated heterocycles. The molecule has 1 aliphatic rings. The predicted molar refractivity (Wildman–Crippen MR) is 111 cm³/mol. The van der Waals surface area contributed by atoms with Gasteiger partial charge in [-0.1, -0.05) is 63.8 Å². The van der Waals surface area contributed by atoms with Crippen molar-refractivity contribution in [2.45, 2.75) is 65.0 Å². The first-order valence-corrected chi connectivity index (χ1v) is 11.7. The van der Waals surface area contributed by atoms with E-state index in [0.29, 0.717) is 13.2 Å². The van der Waals surface area contributed by atoms with Crippen molar-refractivity contribution < 1.29 is 21.9 Å². The number of hydrogen-bond donors (Lipinski definition) is 1. The van der Waals surface area contributed by atoms with Crippen LogP contribution in [0, 0.1) is 5.92 Å². The van der Waals surface area contributed by atoms with Gasteiger partial charge in [0.2, 0.25) is 0 Å². The lowest BCUT2D eigenvalue weighted by atomic mass is 10.00. The van der Waals surface area contributed by atoms with Crippen LogP contribution in [0.25, 0.3) is 0 Å². The minimum Gasteiger partial charge on any atom is -0.379 e. The van der Waals surface area contributed by atoms with Gasteiger partial charge in [-0.3, -0.25) is 9.45 Å². The summed E-state index contributed by atoms with van der Waals surface area (Å²) in [5.41, 5.74) is 2.58. The number of rotatable bonds is 13. The Hall–Kier alpha value is -0.990. The summed E-state index contributed by atoms with van der Waals surface area (Å²) in [6, 6.07) is 8.27. The van der Waals surface area contributed by atoms with E-state index in [2.05, 4.69) is 30.9 Å². The average molecular weight is 414 g/mol. The summed E-state index contributed by atoms with van der Waals surface area (Å²) in [6.45, 7) is 7.19. The van der Waals surface area contributed by atoms with E-state index < -0.39 is 16.5 Å². The third-order valence-corrected chi connectivity index (χ3v) is 5.57. The second-order valence-corrected chi connectivity index (χ2v) is 9.12. The van der Waals surface area contributed by atoms with Gasteiger partial charge in [0.25, 0.3) is 0 Å². The lowest BCUT2D eigenvalue weighted by molar-refractivity contribution is 0.0240. The van der Waals surface area contributed by atoms with E-state index in [4.69, 9.17) is 13.5 Å². The van der Waals surface area contributed by atoms with Gasteiger partial charge >= 0.3 is 10.4 Å². The first kappa shape index (κ1) is 23.3. The fourth-order valence-corrected chi connectivity index (χ4v) is 4.07. The first-order valence-electron chi connectivity index (χ1n) is 10.4. The maximum atomic E-state index is 11.2. The number of benzene rings is 1. The second-order valence-electron chi connectivity index (χ2n) is 8.07. The van der Waals surface area contributed by atoms with Crippen LogP contribution in [0.4, 0.5) is 0 Å². The molecule has 1 aromatic carbocycles. The molecule has 1 aromatic rings. The van der Waals surface area contributed by atoms with Crippen molar-refractivity contribution in [3.05, 3.63) is 35.4 Å². The van der Waals surface area contributed by atoms with Crippen LogP contribution in [-0.4, -0.2) is 50.3 Å². The molecule has 0 spiro atoms. The van der Waals surface area contributed by atoms with Crippen LogP contribution in [0.1, 0.15) is 57.1 Å². The minimum atomic E-state index is -4.50. The topological polar surface area (TPSA) is 76.1 Å². The molecule has 1 unspecified atom stereocenters. The Morgan fingerprint density at radius 1 is 1.11 bits per heavy atom. The Morgan fingerprint density at radius 3 is 2.54 bits per heavy atom. The van der Waals surface area contributed by atoms with Crippen LogP contribution < -0.4 is 0 Å². The van der Waals surface area contributed by atoms with E-state index in [9.17, 15) is 8.42 Å². The molecular weight excluding hydrogens is 378 g/mol. The molecule has 0 saturated carbocycles. The molecule has 1 N–H and O–H groups in total. The maximum absolute atomic E-state index is 11.2. The highest BCUT2D eigenvalue weighted by molar-refractivity contribution is 7.80. The van der Waals surface area contributed by atoms with Crippen LogP contribution in [0.3, 0.4) is 0 Å². The van der Waals surface area contributed by atoms with Crippen molar-refractivity contribution in [1.29, 1.82) is 0 Å². The molecule has 1 heterocycles. The maximum Gasteiger partial charge on any atom is 0.397 e. The minimum absolute atomic E-state index is 0.157.